The Bertz CT molecular complexity index is 748. The molecule has 2 heterocycles. The molecule has 0 atom stereocenters. The van der Waals surface area contributed by atoms with Gasteiger partial charge in [0.1, 0.15) is 17.2 Å². The lowest BCUT2D eigenvalue weighted by atomic mass is 10.1. The zero-order valence-electron chi connectivity index (χ0n) is 10.5. The Kier molecular flexibility index (Phi) is 2.67. The molecule has 3 rings (SSSR count). The number of benzene rings is 1. The van der Waals surface area contributed by atoms with E-state index in [1.807, 2.05) is 17.6 Å². The molecule has 0 unspecified atom stereocenters. The molecule has 0 radical (unpaired) electrons. The minimum Gasteiger partial charge on any atom is -0.398 e. The number of hydrogen-bond acceptors (Lipinski definition) is 3. The average Bonchev–Trinajstić information content (AvgIpc) is 2.79. The first-order chi connectivity index (χ1) is 9.20. The predicted molar refractivity (Wildman–Crippen MR) is 73.0 cm³/mol. The molecule has 5 heteroatoms. The maximum absolute atomic E-state index is 13.4. The third kappa shape index (κ3) is 1.83. The monoisotopic (exact) mass is 256 g/mol. The standard InChI is InChI=1S/C14H13FN4/c1-2-19-13-5-6-17-8-12(13)18-14(19)10-7-9(15)3-4-11(10)16/h3-8H,2,16H2,1H3. The number of pyridine rings is 1. The quantitative estimate of drug-likeness (QED) is 0.717. The van der Waals surface area contributed by atoms with Gasteiger partial charge in [0.15, 0.2) is 0 Å². The Morgan fingerprint density at radius 2 is 2.16 bits per heavy atom. The van der Waals surface area contributed by atoms with Crippen LogP contribution in [0.1, 0.15) is 6.92 Å². The minimum atomic E-state index is -0.322. The van der Waals surface area contributed by atoms with Crippen LogP contribution in [0.4, 0.5) is 10.1 Å². The summed E-state index contributed by atoms with van der Waals surface area (Å²) in [5.41, 5.74) is 8.80. The number of imidazole rings is 1. The summed E-state index contributed by atoms with van der Waals surface area (Å²) < 4.78 is 15.4. The van der Waals surface area contributed by atoms with Crippen molar-refractivity contribution < 1.29 is 4.39 Å². The smallest absolute Gasteiger partial charge is 0.143 e. The van der Waals surface area contributed by atoms with Crippen LogP contribution in [0.15, 0.2) is 36.7 Å². The summed E-state index contributed by atoms with van der Waals surface area (Å²) in [6, 6.07) is 6.21. The van der Waals surface area contributed by atoms with E-state index in [0.29, 0.717) is 17.1 Å². The number of nitrogens with two attached hydrogens (primary N) is 1. The predicted octanol–water partition coefficient (Wildman–Crippen LogP) is 2.84. The third-order valence-electron chi connectivity index (χ3n) is 3.12. The van der Waals surface area contributed by atoms with Crippen LogP contribution in [0.3, 0.4) is 0 Å². The van der Waals surface area contributed by atoms with Gasteiger partial charge in [0.25, 0.3) is 0 Å². The van der Waals surface area contributed by atoms with E-state index in [9.17, 15) is 4.39 Å². The molecule has 0 aliphatic carbocycles. The lowest BCUT2D eigenvalue weighted by molar-refractivity contribution is 0.628. The van der Waals surface area contributed by atoms with Gasteiger partial charge >= 0.3 is 0 Å². The van der Waals surface area contributed by atoms with Crippen LogP contribution in [0.5, 0.6) is 0 Å². The summed E-state index contributed by atoms with van der Waals surface area (Å²) in [4.78, 5) is 8.56. The molecule has 19 heavy (non-hydrogen) atoms. The SMILES string of the molecule is CCn1c(-c2cc(F)ccc2N)nc2cnccc21. The zero-order chi connectivity index (χ0) is 13.4. The van der Waals surface area contributed by atoms with Crippen molar-refractivity contribution in [2.24, 2.45) is 0 Å². The van der Waals surface area contributed by atoms with E-state index in [-0.39, 0.29) is 5.82 Å². The van der Waals surface area contributed by atoms with Crippen molar-refractivity contribution in [1.82, 2.24) is 14.5 Å². The largest absolute Gasteiger partial charge is 0.398 e. The Morgan fingerprint density at radius 1 is 1.32 bits per heavy atom. The van der Waals surface area contributed by atoms with Crippen LogP contribution in [0, 0.1) is 5.82 Å². The molecule has 0 spiro atoms. The highest BCUT2D eigenvalue weighted by molar-refractivity contribution is 5.82. The lowest BCUT2D eigenvalue weighted by Crippen LogP contribution is -2.00. The molecule has 4 nitrogen and oxygen atoms in total. The fourth-order valence-corrected chi connectivity index (χ4v) is 2.23. The Hall–Kier alpha value is -2.43. The van der Waals surface area contributed by atoms with Gasteiger partial charge in [-0.2, -0.15) is 0 Å². The van der Waals surface area contributed by atoms with Crippen LogP contribution in [-0.2, 0) is 6.54 Å². The molecule has 96 valence electrons. The molecule has 0 bridgehead atoms. The summed E-state index contributed by atoms with van der Waals surface area (Å²) in [5, 5.41) is 0. The normalized spacial score (nSPS) is 11.1. The molecular weight excluding hydrogens is 243 g/mol. The number of halogens is 1. The van der Waals surface area contributed by atoms with Gasteiger partial charge in [-0.15, -0.1) is 0 Å². The Morgan fingerprint density at radius 3 is 2.95 bits per heavy atom. The summed E-state index contributed by atoms with van der Waals surface area (Å²) in [6.07, 6.45) is 3.41. The summed E-state index contributed by atoms with van der Waals surface area (Å²) >= 11 is 0. The van der Waals surface area contributed by atoms with Gasteiger partial charge in [0.2, 0.25) is 0 Å². The number of aryl methyl sites for hydroxylation is 1. The lowest BCUT2D eigenvalue weighted by Gasteiger charge is -2.08. The zero-order valence-corrected chi connectivity index (χ0v) is 10.5. The first kappa shape index (κ1) is 11.6. The topological polar surface area (TPSA) is 56.7 Å². The van der Waals surface area contributed by atoms with Crippen molar-refractivity contribution in [3.8, 4) is 11.4 Å². The highest BCUT2D eigenvalue weighted by Gasteiger charge is 2.14. The van der Waals surface area contributed by atoms with Crippen LogP contribution in [0.25, 0.3) is 22.4 Å². The van der Waals surface area contributed by atoms with Gasteiger partial charge in [-0.05, 0) is 31.2 Å². The van der Waals surface area contributed by atoms with E-state index in [4.69, 9.17) is 5.73 Å². The van der Waals surface area contributed by atoms with Crippen molar-refractivity contribution in [3.05, 3.63) is 42.5 Å². The number of anilines is 1. The van der Waals surface area contributed by atoms with Crippen molar-refractivity contribution in [2.45, 2.75) is 13.5 Å². The Balaban J connectivity index is 2.33. The molecule has 3 aromatic rings. The molecule has 0 amide bonds. The summed E-state index contributed by atoms with van der Waals surface area (Å²) in [6.45, 7) is 2.74. The molecule has 0 aliphatic rings. The Labute approximate surface area is 109 Å². The van der Waals surface area contributed by atoms with Crippen molar-refractivity contribution in [1.29, 1.82) is 0 Å². The second-order valence-corrected chi connectivity index (χ2v) is 4.28. The first-order valence-corrected chi connectivity index (χ1v) is 6.06. The van der Waals surface area contributed by atoms with Crippen molar-refractivity contribution >= 4 is 16.7 Å². The van der Waals surface area contributed by atoms with Gasteiger partial charge < -0.3 is 10.3 Å². The van der Waals surface area contributed by atoms with Gasteiger partial charge in [-0.1, -0.05) is 0 Å². The number of nitrogen functional groups attached to an aromatic ring is 1. The fraction of sp³-hybridized carbons (Fsp3) is 0.143. The number of aromatic nitrogens is 3. The second kappa shape index (κ2) is 4.35. The number of fused-ring (bicyclic) bond motifs is 1. The fourth-order valence-electron chi connectivity index (χ4n) is 2.23. The summed E-state index contributed by atoms with van der Waals surface area (Å²) in [7, 11) is 0. The van der Waals surface area contributed by atoms with Gasteiger partial charge in [-0.3, -0.25) is 4.98 Å². The molecule has 0 fully saturated rings. The highest BCUT2D eigenvalue weighted by Crippen LogP contribution is 2.29. The van der Waals surface area contributed by atoms with Gasteiger partial charge in [-0.25, -0.2) is 9.37 Å². The van der Waals surface area contributed by atoms with Crippen LogP contribution in [-0.4, -0.2) is 14.5 Å². The van der Waals surface area contributed by atoms with Gasteiger partial charge in [0.05, 0.1) is 11.7 Å². The van der Waals surface area contributed by atoms with Crippen molar-refractivity contribution in [2.75, 3.05) is 5.73 Å². The van der Waals surface area contributed by atoms with E-state index in [1.165, 1.54) is 12.1 Å². The molecule has 0 saturated heterocycles. The van der Waals surface area contributed by atoms with Crippen LogP contribution in [0.2, 0.25) is 0 Å². The highest BCUT2D eigenvalue weighted by atomic mass is 19.1. The van der Waals surface area contributed by atoms with E-state index >= 15 is 0 Å². The van der Waals surface area contributed by atoms with E-state index in [1.54, 1.807) is 18.5 Å². The molecule has 2 N–H and O–H groups in total. The molecule has 2 aromatic heterocycles. The van der Waals surface area contributed by atoms with Crippen LogP contribution < -0.4 is 5.73 Å². The number of nitrogens with zero attached hydrogens (tertiary/aromatic N) is 3. The number of rotatable bonds is 2. The second-order valence-electron chi connectivity index (χ2n) is 4.28. The first-order valence-electron chi connectivity index (χ1n) is 6.06. The third-order valence-corrected chi connectivity index (χ3v) is 3.12. The average molecular weight is 256 g/mol. The molecular formula is C14H13FN4. The molecule has 1 aromatic carbocycles. The maximum atomic E-state index is 13.4. The van der Waals surface area contributed by atoms with Crippen LogP contribution >= 0.6 is 0 Å². The van der Waals surface area contributed by atoms with E-state index in [2.05, 4.69) is 9.97 Å². The molecule has 0 aliphatic heterocycles. The molecule has 0 saturated carbocycles. The van der Waals surface area contributed by atoms with Gasteiger partial charge in [0, 0.05) is 24.0 Å². The van der Waals surface area contributed by atoms with E-state index < -0.39 is 0 Å². The van der Waals surface area contributed by atoms with Crippen molar-refractivity contribution in [3.63, 3.8) is 0 Å². The minimum absolute atomic E-state index is 0.322. The maximum Gasteiger partial charge on any atom is 0.143 e. The number of hydrogen-bond donors (Lipinski definition) is 1. The summed E-state index contributed by atoms with van der Waals surface area (Å²) in [5.74, 6) is 0.347. The van der Waals surface area contributed by atoms with E-state index in [0.717, 1.165) is 17.6 Å².